The topological polar surface area (TPSA) is 99.5 Å². The van der Waals surface area contributed by atoms with Crippen LogP contribution in [0.3, 0.4) is 0 Å². The third-order valence-corrected chi connectivity index (χ3v) is 7.78. The third kappa shape index (κ3) is 5.98. The van der Waals surface area contributed by atoms with Crippen LogP contribution in [0.1, 0.15) is 24.8 Å². The van der Waals surface area contributed by atoms with Crippen molar-refractivity contribution in [3.8, 4) is 11.8 Å². The molecule has 3 heterocycles. The van der Waals surface area contributed by atoms with Gasteiger partial charge in [-0.1, -0.05) is 17.7 Å². The number of nitrogens with zero attached hydrogens (tertiary/aromatic N) is 3. The molecule has 202 valence electrons. The second kappa shape index (κ2) is 11.6. The predicted octanol–water partition coefficient (Wildman–Crippen LogP) is 5.65. The average Bonchev–Trinajstić information content (AvgIpc) is 3.39. The van der Waals surface area contributed by atoms with Crippen molar-refractivity contribution < 1.29 is 18.7 Å². The zero-order chi connectivity index (χ0) is 27.4. The normalized spacial score (nSPS) is 17.0. The number of amides is 1. The number of pyridine rings is 1. The van der Waals surface area contributed by atoms with Gasteiger partial charge in [-0.3, -0.25) is 14.7 Å². The highest BCUT2D eigenvalue weighted by Gasteiger charge is 2.37. The number of ether oxygens (including phenoxy) is 2. The molecular formula is C29H29ClFN5O3. The first-order chi connectivity index (χ1) is 18.9. The fraction of sp³-hybridized carbons (Fsp3) is 0.345. The predicted molar refractivity (Wildman–Crippen MR) is 149 cm³/mol. The van der Waals surface area contributed by atoms with Crippen LogP contribution in [-0.2, 0) is 9.53 Å². The summed E-state index contributed by atoms with van der Waals surface area (Å²) in [6.07, 6.45) is 8.23. The number of methoxy groups -OCH3 is 1. The molecule has 2 N–H and O–H groups in total. The highest BCUT2D eigenvalue weighted by molar-refractivity contribution is 6.31. The van der Waals surface area contributed by atoms with Crippen LogP contribution in [0.5, 0.6) is 5.75 Å². The Balaban J connectivity index is 1.33. The lowest BCUT2D eigenvalue weighted by molar-refractivity contribution is -0.111. The molecule has 0 bridgehead atoms. The number of carbonyl (C=O) groups is 1. The van der Waals surface area contributed by atoms with Crippen LogP contribution < -0.4 is 15.4 Å². The summed E-state index contributed by atoms with van der Waals surface area (Å²) in [6, 6.07) is 9.72. The van der Waals surface area contributed by atoms with E-state index < -0.39 is 5.82 Å². The Kier molecular flexibility index (Phi) is 7.98. The lowest BCUT2D eigenvalue weighted by atomic mass is 9.78. The van der Waals surface area contributed by atoms with Gasteiger partial charge in [0.1, 0.15) is 17.6 Å². The smallest absolute Gasteiger partial charge is 0.248 e. The van der Waals surface area contributed by atoms with Gasteiger partial charge in [0.25, 0.3) is 0 Å². The Morgan fingerprint density at radius 2 is 2.13 bits per heavy atom. The van der Waals surface area contributed by atoms with Crippen molar-refractivity contribution in [3.05, 3.63) is 65.1 Å². The number of nitrogens with one attached hydrogen (secondary N) is 2. The molecule has 2 aromatic carbocycles. The number of aromatic nitrogens is 1. The van der Waals surface area contributed by atoms with Crippen LogP contribution in [-0.4, -0.2) is 55.7 Å². The van der Waals surface area contributed by atoms with Gasteiger partial charge in [-0.2, -0.15) is 5.26 Å². The number of nitriles is 1. The molecule has 10 heteroatoms. The van der Waals surface area contributed by atoms with Gasteiger partial charge < -0.3 is 20.1 Å². The Bertz CT molecular complexity index is 1460. The number of anilines is 3. The molecule has 0 saturated carbocycles. The van der Waals surface area contributed by atoms with E-state index in [-0.39, 0.29) is 16.5 Å². The lowest BCUT2D eigenvalue weighted by Gasteiger charge is -2.37. The second-order valence-electron chi connectivity index (χ2n) is 9.98. The van der Waals surface area contributed by atoms with Crippen molar-refractivity contribution in [2.45, 2.75) is 19.3 Å². The van der Waals surface area contributed by atoms with Crippen LogP contribution in [0.2, 0.25) is 5.02 Å². The van der Waals surface area contributed by atoms with Crippen LogP contribution in [0.25, 0.3) is 10.9 Å². The summed E-state index contributed by atoms with van der Waals surface area (Å²) in [5.41, 5.74) is 2.55. The lowest BCUT2D eigenvalue weighted by Crippen LogP contribution is -2.40. The fourth-order valence-electron chi connectivity index (χ4n) is 5.16. The minimum Gasteiger partial charge on any atom is -0.494 e. The summed E-state index contributed by atoms with van der Waals surface area (Å²) >= 11 is 5.94. The number of likely N-dealkylation sites (tertiary alicyclic amines) is 1. The van der Waals surface area contributed by atoms with Crippen LogP contribution in [0, 0.1) is 22.6 Å². The van der Waals surface area contributed by atoms with Crippen molar-refractivity contribution in [2.24, 2.45) is 5.41 Å². The van der Waals surface area contributed by atoms with Gasteiger partial charge in [-0.25, -0.2) is 4.39 Å². The maximum Gasteiger partial charge on any atom is 0.248 e. The van der Waals surface area contributed by atoms with Crippen LogP contribution >= 0.6 is 11.6 Å². The highest BCUT2D eigenvalue weighted by Crippen LogP contribution is 2.39. The molecule has 0 unspecified atom stereocenters. The van der Waals surface area contributed by atoms with Crippen LogP contribution in [0.4, 0.5) is 21.5 Å². The average molecular weight is 550 g/mol. The van der Waals surface area contributed by atoms with E-state index in [0.29, 0.717) is 45.7 Å². The molecule has 3 aromatic rings. The van der Waals surface area contributed by atoms with E-state index in [0.717, 1.165) is 45.6 Å². The molecule has 8 nitrogen and oxygen atoms in total. The number of halogens is 2. The number of hydrogen-bond donors (Lipinski definition) is 2. The number of hydrogen-bond acceptors (Lipinski definition) is 7. The SMILES string of the molecule is COc1cc2ncc(C#N)c(Nc3ccc(F)c(Cl)c3)c2cc1NC(=O)C=CCN1CCC2(CCOC2)CC1. The first-order valence-electron chi connectivity index (χ1n) is 12.8. The summed E-state index contributed by atoms with van der Waals surface area (Å²) in [6.45, 7) is 4.43. The zero-order valence-corrected chi connectivity index (χ0v) is 22.4. The monoisotopic (exact) mass is 549 g/mol. The molecule has 2 aliphatic heterocycles. The van der Waals surface area contributed by atoms with Gasteiger partial charge in [-0.05, 0) is 62.0 Å². The molecule has 5 rings (SSSR count). The van der Waals surface area contributed by atoms with Gasteiger partial charge in [0, 0.05) is 42.6 Å². The third-order valence-electron chi connectivity index (χ3n) is 7.49. The molecule has 2 fully saturated rings. The summed E-state index contributed by atoms with van der Waals surface area (Å²) in [5.74, 6) is -0.412. The molecule has 0 atom stereocenters. The molecule has 1 aromatic heterocycles. The quantitative estimate of drug-likeness (QED) is 0.367. The van der Waals surface area contributed by atoms with Crippen molar-refractivity contribution in [1.29, 1.82) is 5.26 Å². The van der Waals surface area contributed by atoms with Gasteiger partial charge in [0.2, 0.25) is 5.91 Å². The van der Waals surface area contributed by atoms with Crippen molar-refractivity contribution in [3.63, 3.8) is 0 Å². The van der Waals surface area contributed by atoms with E-state index in [1.807, 2.05) is 6.08 Å². The molecule has 2 saturated heterocycles. The molecule has 0 radical (unpaired) electrons. The standard InChI is InChI=1S/C29H29ClFN5O3/c1-38-26-15-24-21(28(19(16-32)17-33-24)34-20-4-5-23(31)22(30)13-20)14-25(26)35-27(37)3-2-9-36-10-6-29(7-11-36)8-12-39-18-29/h2-5,13-15,17H,6-12,18H2,1H3,(H,33,34)(H,35,37). The first-order valence-corrected chi connectivity index (χ1v) is 13.2. The van der Waals surface area contributed by atoms with E-state index in [1.165, 1.54) is 37.6 Å². The summed E-state index contributed by atoms with van der Waals surface area (Å²) in [7, 11) is 1.51. The van der Waals surface area contributed by atoms with Gasteiger partial charge in [0.05, 0.1) is 41.2 Å². The van der Waals surface area contributed by atoms with Crippen molar-refractivity contribution in [1.82, 2.24) is 9.88 Å². The summed E-state index contributed by atoms with van der Waals surface area (Å²) in [4.78, 5) is 19.5. The Hall–Kier alpha value is -3.71. The van der Waals surface area contributed by atoms with Gasteiger partial charge >= 0.3 is 0 Å². The fourth-order valence-corrected chi connectivity index (χ4v) is 5.34. The maximum absolute atomic E-state index is 13.7. The zero-order valence-electron chi connectivity index (χ0n) is 21.6. The number of fused-ring (bicyclic) bond motifs is 1. The Morgan fingerprint density at radius 1 is 1.31 bits per heavy atom. The van der Waals surface area contributed by atoms with E-state index in [1.54, 1.807) is 12.1 Å². The Morgan fingerprint density at radius 3 is 2.82 bits per heavy atom. The number of piperidine rings is 1. The Labute approximate surface area is 231 Å². The number of carbonyl (C=O) groups excluding carboxylic acids is 1. The summed E-state index contributed by atoms with van der Waals surface area (Å²) in [5, 5.41) is 16.3. The van der Waals surface area contributed by atoms with Gasteiger partial charge in [0.15, 0.2) is 0 Å². The van der Waals surface area contributed by atoms with Crippen molar-refractivity contribution in [2.75, 3.05) is 50.6 Å². The first kappa shape index (κ1) is 26.9. The summed E-state index contributed by atoms with van der Waals surface area (Å²) < 4.78 is 24.8. The minimum atomic E-state index is -0.544. The maximum atomic E-state index is 13.7. The van der Waals surface area contributed by atoms with Crippen LogP contribution in [0.15, 0.2) is 48.7 Å². The minimum absolute atomic E-state index is 0.0464. The van der Waals surface area contributed by atoms with Gasteiger partial charge in [-0.15, -0.1) is 0 Å². The second-order valence-corrected chi connectivity index (χ2v) is 10.4. The highest BCUT2D eigenvalue weighted by atomic mass is 35.5. The molecule has 2 aliphatic rings. The van der Waals surface area contributed by atoms with E-state index in [9.17, 15) is 14.4 Å². The number of rotatable bonds is 7. The largest absolute Gasteiger partial charge is 0.494 e. The molecule has 0 aliphatic carbocycles. The molecule has 39 heavy (non-hydrogen) atoms. The van der Waals surface area contributed by atoms with E-state index >= 15 is 0 Å². The van der Waals surface area contributed by atoms with E-state index in [4.69, 9.17) is 21.1 Å². The van der Waals surface area contributed by atoms with E-state index in [2.05, 4.69) is 26.6 Å². The molecular weight excluding hydrogens is 521 g/mol. The van der Waals surface area contributed by atoms with Crippen molar-refractivity contribution >= 4 is 45.5 Å². The molecule has 1 spiro atoms. The number of benzene rings is 2. The molecule has 1 amide bonds.